The molecule has 1 rings (SSSR count). The lowest BCUT2D eigenvalue weighted by molar-refractivity contribution is 0.199. The molecule has 0 aliphatic heterocycles. The molecule has 98 valence electrons. The van der Waals surface area contributed by atoms with Crippen molar-refractivity contribution in [2.45, 2.75) is 26.8 Å². The lowest BCUT2D eigenvalue weighted by atomic mass is 10.3. The summed E-state index contributed by atoms with van der Waals surface area (Å²) in [6.07, 6.45) is 0.995. The van der Waals surface area contributed by atoms with E-state index in [-0.39, 0.29) is 0 Å². The minimum Gasteiger partial charge on any atom is -0.383 e. The van der Waals surface area contributed by atoms with E-state index in [9.17, 15) is 0 Å². The van der Waals surface area contributed by atoms with Crippen molar-refractivity contribution in [2.24, 2.45) is 0 Å². The molecular formula is C12H23N3OS. The lowest BCUT2D eigenvalue weighted by Gasteiger charge is -2.11. The van der Waals surface area contributed by atoms with Crippen molar-refractivity contribution in [1.29, 1.82) is 0 Å². The van der Waals surface area contributed by atoms with Crippen molar-refractivity contribution in [3.05, 3.63) is 10.6 Å². The highest BCUT2D eigenvalue weighted by atomic mass is 32.1. The van der Waals surface area contributed by atoms with Crippen LogP contribution in [0.4, 0.5) is 5.13 Å². The molecular weight excluding hydrogens is 234 g/mol. The summed E-state index contributed by atoms with van der Waals surface area (Å²) in [5.41, 5.74) is 1.22. The van der Waals surface area contributed by atoms with E-state index in [2.05, 4.69) is 36.1 Å². The maximum atomic E-state index is 5.01. The Bertz CT molecular complexity index is 328. The number of methoxy groups -OCH3 is 1. The largest absolute Gasteiger partial charge is 0.383 e. The van der Waals surface area contributed by atoms with Crippen LogP contribution in [-0.4, -0.2) is 38.8 Å². The van der Waals surface area contributed by atoms with Crippen molar-refractivity contribution in [2.75, 3.05) is 38.8 Å². The summed E-state index contributed by atoms with van der Waals surface area (Å²) < 4.78 is 5.01. The van der Waals surface area contributed by atoms with E-state index in [1.165, 1.54) is 10.6 Å². The molecule has 0 spiro atoms. The molecule has 1 aromatic rings. The van der Waals surface area contributed by atoms with Crippen LogP contribution in [0.25, 0.3) is 0 Å². The quantitative estimate of drug-likeness (QED) is 0.722. The minimum absolute atomic E-state index is 0.752. The van der Waals surface area contributed by atoms with Gasteiger partial charge in [-0.2, -0.15) is 0 Å². The first-order valence-corrected chi connectivity index (χ1v) is 6.93. The van der Waals surface area contributed by atoms with Gasteiger partial charge in [-0.15, -0.1) is 11.3 Å². The molecule has 1 N–H and O–H groups in total. The molecule has 0 fully saturated rings. The fourth-order valence-electron chi connectivity index (χ4n) is 1.46. The number of nitrogens with one attached hydrogen (secondary N) is 1. The number of ether oxygens (including phenoxy) is 1. The zero-order valence-corrected chi connectivity index (χ0v) is 12.1. The van der Waals surface area contributed by atoms with Crippen molar-refractivity contribution in [3.8, 4) is 0 Å². The van der Waals surface area contributed by atoms with Crippen molar-refractivity contribution in [1.82, 2.24) is 10.3 Å². The molecule has 0 amide bonds. The van der Waals surface area contributed by atoms with Gasteiger partial charge in [0.2, 0.25) is 0 Å². The Hall–Kier alpha value is -0.650. The second-order valence-electron chi connectivity index (χ2n) is 3.90. The number of aryl methyl sites for hydroxylation is 1. The van der Waals surface area contributed by atoms with Crippen LogP contribution in [0.5, 0.6) is 0 Å². The van der Waals surface area contributed by atoms with Gasteiger partial charge in [0.25, 0.3) is 0 Å². The predicted octanol–water partition coefficient (Wildman–Crippen LogP) is 1.90. The zero-order valence-electron chi connectivity index (χ0n) is 11.2. The van der Waals surface area contributed by atoms with Crippen LogP contribution < -0.4 is 10.2 Å². The Morgan fingerprint density at radius 3 is 2.76 bits per heavy atom. The summed E-state index contributed by atoms with van der Waals surface area (Å²) >= 11 is 1.79. The SMILES string of the molecule is CCc1nc(N(C)CC)sc1CNCCOC. The van der Waals surface area contributed by atoms with Crippen molar-refractivity contribution in [3.63, 3.8) is 0 Å². The number of nitrogens with zero attached hydrogens (tertiary/aromatic N) is 2. The number of thiazole rings is 1. The molecule has 1 heterocycles. The highest BCUT2D eigenvalue weighted by molar-refractivity contribution is 7.15. The second kappa shape index (κ2) is 7.63. The van der Waals surface area contributed by atoms with Gasteiger partial charge in [-0.3, -0.25) is 0 Å². The van der Waals surface area contributed by atoms with Crippen LogP contribution in [0.1, 0.15) is 24.4 Å². The van der Waals surface area contributed by atoms with Crippen molar-refractivity contribution >= 4 is 16.5 Å². The van der Waals surface area contributed by atoms with Crippen LogP contribution in [0.15, 0.2) is 0 Å². The molecule has 1 aromatic heterocycles. The molecule has 4 nitrogen and oxygen atoms in total. The van der Waals surface area contributed by atoms with E-state index >= 15 is 0 Å². The number of hydrogen-bond acceptors (Lipinski definition) is 5. The molecule has 0 atom stereocenters. The van der Waals surface area contributed by atoms with Gasteiger partial charge in [-0.25, -0.2) is 4.98 Å². The number of hydrogen-bond donors (Lipinski definition) is 1. The summed E-state index contributed by atoms with van der Waals surface area (Å²) in [7, 11) is 3.81. The van der Waals surface area contributed by atoms with Gasteiger partial charge in [0.15, 0.2) is 5.13 Å². The van der Waals surface area contributed by atoms with Crippen LogP contribution in [0.2, 0.25) is 0 Å². The van der Waals surface area contributed by atoms with E-state index < -0.39 is 0 Å². The van der Waals surface area contributed by atoms with Crippen LogP contribution in [-0.2, 0) is 17.7 Å². The normalized spacial score (nSPS) is 10.8. The number of rotatable bonds is 8. The zero-order chi connectivity index (χ0) is 12.7. The fraction of sp³-hybridized carbons (Fsp3) is 0.750. The van der Waals surface area contributed by atoms with Gasteiger partial charge in [0.05, 0.1) is 12.3 Å². The Labute approximate surface area is 108 Å². The average molecular weight is 257 g/mol. The summed E-state index contributed by atoms with van der Waals surface area (Å²) in [6.45, 7) is 7.82. The van der Waals surface area contributed by atoms with Gasteiger partial charge >= 0.3 is 0 Å². The lowest BCUT2D eigenvalue weighted by Crippen LogP contribution is -2.18. The molecule has 0 saturated carbocycles. The van der Waals surface area contributed by atoms with Gasteiger partial charge in [-0.1, -0.05) is 6.92 Å². The van der Waals surface area contributed by atoms with Crippen molar-refractivity contribution < 1.29 is 4.74 Å². The predicted molar refractivity (Wildman–Crippen MR) is 74.0 cm³/mol. The smallest absolute Gasteiger partial charge is 0.185 e. The molecule has 0 radical (unpaired) electrons. The average Bonchev–Trinajstić information content (AvgIpc) is 2.77. The third-order valence-electron chi connectivity index (χ3n) is 2.67. The van der Waals surface area contributed by atoms with Gasteiger partial charge in [-0.05, 0) is 13.3 Å². The summed E-state index contributed by atoms with van der Waals surface area (Å²) in [5, 5.41) is 4.49. The Morgan fingerprint density at radius 2 is 2.18 bits per heavy atom. The monoisotopic (exact) mass is 257 g/mol. The molecule has 0 unspecified atom stereocenters. The molecule has 0 aliphatic rings. The van der Waals surface area contributed by atoms with E-state index in [1.807, 2.05) is 0 Å². The molecule has 0 aliphatic carbocycles. The molecule has 0 saturated heterocycles. The number of anilines is 1. The van der Waals surface area contributed by atoms with Crippen LogP contribution in [0.3, 0.4) is 0 Å². The first-order valence-electron chi connectivity index (χ1n) is 6.12. The van der Waals surface area contributed by atoms with Gasteiger partial charge in [0, 0.05) is 38.7 Å². The summed E-state index contributed by atoms with van der Waals surface area (Å²) in [5.74, 6) is 0. The highest BCUT2D eigenvalue weighted by Gasteiger charge is 2.11. The first-order chi connectivity index (χ1) is 8.22. The van der Waals surface area contributed by atoms with E-state index in [1.54, 1.807) is 18.4 Å². The Balaban J connectivity index is 2.60. The van der Waals surface area contributed by atoms with Gasteiger partial charge in [0.1, 0.15) is 0 Å². The third kappa shape index (κ3) is 4.26. The molecule has 5 heteroatoms. The van der Waals surface area contributed by atoms with E-state index in [0.717, 1.165) is 37.8 Å². The second-order valence-corrected chi connectivity index (χ2v) is 4.97. The van der Waals surface area contributed by atoms with Crippen LogP contribution >= 0.6 is 11.3 Å². The topological polar surface area (TPSA) is 37.4 Å². The highest BCUT2D eigenvalue weighted by Crippen LogP contribution is 2.25. The van der Waals surface area contributed by atoms with Crippen LogP contribution in [0, 0.1) is 0 Å². The number of aromatic nitrogens is 1. The third-order valence-corrected chi connectivity index (χ3v) is 3.88. The molecule has 17 heavy (non-hydrogen) atoms. The fourth-order valence-corrected chi connectivity index (χ4v) is 2.60. The first kappa shape index (κ1) is 14.4. The molecule has 0 aromatic carbocycles. The maximum Gasteiger partial charge on any atom is 0.185 e. The summed E-state index contributed by atoms with van der Waals surface area (Å²) in [6, 6.07) is 0. The minimum atomic E-state index is 0.752. The maximum absolute atomic E-state index is 5.01. The molecule has 0 bridgehead atoms. The summed E-state index contributed by atoms with van der Waals surface area (Å²) in [4.78, 5) is 8.20. The van der Waals surface area contributed by atoms with E-state index in [4.69, 9.17) is 4.74 Å². The Morgan fingerprint density at radius 1 is 1.41 bits per heavy atom. The van der Waals surface area contributed by atoms with Gasteiger partial charge < -0.3 is 15.0 Å². The standard InChI is InChI=1S/C12H23N3OS/c1-5-10-11(9-13-7-8-16-4)17-12(14-10)15(3)6-2/h13H,5-9H2,1-4H3. The Kier molecular flexibility index (Phi) is 6.47. The van der Waals surface area contributed by atoms with E-state index in [0.29, 0.717) is 0 Å².